The highest BCUT2D eigenvalue weighted by Gasteiger charge is 1.92. The van der Waals surface area contributed by atoms with Crippen LogP contribution in [0, 0.1) is 0 Å². The predicted octanol–water partition coefficient (Wildman–Crippen LogP) is 8.69. The van der Waals surface area contributed by atoms with Gasteiger partial charge in [0.05, 0.1) is 5.71 Å². The Balaban J connectivity index is -0.0000000507. The molecule has 0 aliphatic carbocycles. The minimum atomic E-state index is 0.622. The van der Waals surface area contributed by atoms with Crippen molar-refractivity contribution in [1.29, 1.82) is 0 Å². The summed E-state index contributed by atoms with van der Waals surface area (Å²) in [5.74, 6) is 0. The van der Waals surface area contributed by atoms with E-state index in [0.717, 1.165) is 44.2 Å². The molecule has 0 unspecified atom stereocenters. The first kappa shape index (κ1) is 46.4. The first-order valence-electron chi connectivity index (χ1n) is 12.5. The Kier molecular flexibility index (Phi) is 129. The summed E-state index contributed by atoms with van der Waals surface area (Å²) in [6.45, 7) is 28.1. The molecule has 4 heteroatoms. The second-order valence-corrected chi connectivity index (χ2v) is 4.32. The Morgan fingerprint density at radius 2 is 1.24 bits per heavy atom. The van der Waals surface area contributed by atoms with Crippen LogP contribution < -0.4 is 5.32 Å². The van der Waals surface area contributed by atoms with Gasteiger partial charge in [0.2, 0.25) is 0 Å². The summed E-state index contributed by atoms with van der Waals surface area (Å²) in [6.07, 6.45) is 7.86. The number of rotatable bonds is 11. The number of nitrogens with zero attached hydrogens (tertiary/aromatic N) is 1. The minimum absolute atomic E-state index is 0.622. The number of aldehydes is 1. The Hall–Kier alpha value is -0.900. The fourth-order valence-corrected chi connectivity index (χ4v) is 1.26. The molecule has 0 aliphatic heterocycles. The average molecular weight is 423 g/mol. The molecule has 0 saturated heterocycles. The Morgan fingerprint density at radius 3 is 1.52 bits per heavy atom. The van der Waals surface area contributed by atoms with Crippen LogP contribution in [0.25, 0.3) is 0 Å². The molecule has 0 bridgehead atoms. The van der Waals surface area contributed by atoms with Crippen molar-refractivity contribution in [1.82, 2.24) is 5.32 Å². The fraction of sp³-hybridized carbons (Fsp3) is 0.920. The van der Waals surface area contributed by atoms with Crippen molar-refractivity contribution >= 4 is 12.0 Å². The van der Waals surface area contributed by atoms with E-state index in [9.17, 15) is 4.79 Å². The summed E-state index contributed by atoms with van der Waals surface area (Å²) < 4.78 is 0. The zero-order chi connectivity index (χ0) is 24.8. The number of carbonyl (C=O) groups excluding carboxylic acids is 1. The lowest BCUT2D eigenvalue weighted by atomic mass is 10.2. The highest BCUT2D eigenvalue weighted by atomic mass is 16.6. The van der Waals surface area contributed by atoms with Crippen LogP contribution in [0.1, 0.15) is 135 Å². The molecule has 0 atom stereocenters. The number of hydrogen-bond acceptors (Lipinski definition) is 4. The topological polar surface area (TPSA) is 50.7 Å². The van der Waals surface area contributed by atoms with Crippen LogP contribution in [0.15, 0.2) is 5.16 Å². The molecule has 0 aromatic rings. The summed E-state index contributed by atoms with van der Waals surface area (Å²) in [7, 11) is 1.98. The first-order valence-corrected chi connectivity index (χ1v) is 12.5. The summed E-state index contributed by atoms with van der Waals surface area (Å²) in [6, 6.07) is 0. The van der Waals surface area contributed by atoms with E-state index < -0.39 is 0 Å². The number of oxime groups is 1. The smallest absolute Gasteiger partial charge is 0.119 e. The van der Waals surface area contributed by atoms with Crippen LogP contribution in [-0.2, 0) is 9.63 Å². The van der Waals surface area contributed by atoms with E-state index in [1.54, 1.807) is 0 Å². The maximum absolute atomic E-state index is 9.97. The van der Waals surface area contributed by atoms with Crippen LogP contribution in [0.3, 0.4) is 0 Å². The molecule has 0 aromatic carbocycles. The van der Waals surface area contributed by atoms with Gasteiger partial charge in [0.15, 0.2) is 0 Å². The Morgan fingerprint density at radius 1 is 0.793 bits per heavy atom. The normalized spacial score (nSPS) is 7.10. The van der Waals surface area contributed by atoms with Gasteiger partial charge in [-0.15, -0.1) is 0 Å². The van der Waals surface area contributed by atoms with E-state index in [1.807, 2.05) is 76.3 Å². The number of nitrogens with one attached hydrogen (secondary N) is 1. The van der Waals surface area contributed by atoms with E-state index in [-0.39, 0.29) is 0 Å². The van der Waals surface area contributed by atoms with Gasteiger partial charge >= 0.3 is 0 Å². The Labute approximate surface area is 187 Å². The standard InChI is InChI=1S/C10H19NO2.C5H13N.5C2H6/c1-3-10(4-2)11-13-9-7-5-6-8-12;1-3-4-5-6-2;5*1-2/h8H,3-7,9H2,1-2H3;6H,3-5H2,1-2H3;5*1-2H3. The highest BCUT2D eigenvalue weighted by Crippen LogP contribution is 1.96. The van der Waals surface area contributed by atoms with Gasteiger partial charge in [-0.05, 0) is 45.7 Å². The van der Waals surface area contributed by atoms with E-state index in [1.165, 1.54) is 12.8 Å². The van der Waals surface area contributed by atoms with Gasteiger partial charge < -0.3 is 14.9 Å². The fourth-order valence-electron chi connectivity index (χ4n) is 1.26. The molecule has 4 nitrogen and oxygen atoms in total. The number of hydrogen-bond donors (Lipinski definition) is 1. The lowest BCUT2D eigenvalue weighted by Gasteiger charge is -2.00. The third-order valence-electron chi connectivity index (χ3n) is 2.60. The van der Waals surface area contributed by atoms with Crippen molar-refractivity contribution in [2.45, 2.75) is 135 Å². The van der Waals surface area contributed by atoms with Crippen LogP contribution >= 0.6 is 0 Å². The zero-order valence-electron chi connectivity index (χ0n) is 23.2. The molecule has 0 spiro atoms. The molecule has 0 amide bonds. The second kappa shape index (κ2) is 81.0. The average Bonchev–Trinajstić information content (AvgIpc) is 2.84. The Bertz CT molecular complexity index is 199. The zero-order valence-corrected chi connectivity index (χ0v) is 23.2. The largest absolute Gasteiger partial charge is 0.396 e. The van der Waals surface area contributed by atoms with Gasteiger partial charge in [0.25, 0.3) is 0 Å². The van der Waals surface area contributed by atoms with Crippen molar-refractivity contribution < 1.29 is 9.63 Å². The molecular formula is C25H62N2O2. The molecule has 0 rings (SSSR count). The maximum Gasteiger partial charge on any atom is 0.119 e. The second-order valence-electron chi connectivity index (χ2n) is 4.32. The SMILES string of the molecule is CC.CC.CC.CC.CC.CCC(CC)=NOCCCCC=O.CCCCNC. The van der Waals surface area contributed by atoms with Gasteiger partial charge in [-0.25, -0.2) is 0 Å². The molecule has 1 N–H and O–H groups in total. The molecule has 0 aromatic heterocycles. The van der Waals surface area contributed by atoms with Crippen molar-refractivity contribution in [2.75, 3.05) is 20.2 Å². The summed E-state index contributed by atoms with van der Waals surface area (Å²) in [5.41, 5.74) is 1.09. The van der Waals surface area contributed by atoms with Gasteiger partial charge in [-0.3, -0.25) is 0 Å². The van der Waals surface area contributed by atoms with Gasteiger partial charge in [0.1, 0.15) is 12.9 Å². The molecule has 0 saturated carbocycles. The third-order valence-corrected chi connectivity index (χ3v) is 2.60. The van der Waals surface area contributed by atoms with Crippen molar-refractivity contribution in [3.8, 4) is 0 Å². The predicted molar refractivity (Wildman–Crippen MR) is 139 cm³/mol. The quantitative estimate of drug-likeness (QED) is 0.157. The van der Waals surface area contributed by atoms with E-state index in [2.05, 4.69) is 31.2 Å². The van der Waals surface area contributed by atoms with Crippen LogP contribution in [0.2, 0.25) is 0 Å². The number of carbonyl (C=O) groups is 1. The van der Waals surface area contributed by atoms with Crippen LogP contribution in [0.4, 0.5) is 0 Å². The molecule has 184 valence electrons. The molecular weight excluding hydrogens is 360 g/mol. The van der Waals surface area contributed by atoms with Crippen molar-refractivity contribution in [3.63, 3.8) is 0 Å². The molecule has 0 heterocycles. The first-order chi connectivity index (χ1) is 14.3. The lowest BCUT2D eigenvalue weighted by Crippen LogP contribution is -2.06. The van der Waals surface area contributed by atoms with Crippen LogP contribution in [0.5, 0.6) is 0 Å². The van der Waals surface area contributed by atoms with Gasteiger partial charge in [-0.1, -0.05) is 102 Å². The van der Waals surface area contributed by atoms with Crippen molar-refractivity contribution in [3.05, 3.63) is 0 Å². The number of unbranched alkanes of at least 4 members (excludes halogenated alkanes) is 3. The van der Waals surface area contributed by atoms with E-state index in [0.29, 0.717) is 13.0 Å². The maximum atomic E-state index is 9.97. The van der Waals surface area contributed by atoms with Gasteiger partial charge in [-0.2, -0.15) is 0 Å². The highest BCUT2D eigenvalue weighted by molar-refractivity contribution is 5.83. The van der Waals surface area contributed by atoms with Crippen LogP contribution in [-0.4, -0.2) is 32.2 Å². The minimum Gasteiger partial charge on any atom is -0.396 e. The van der Waals surface area contributed by atoms with E-state index >= 15 is 0 Å². The summed E-state index contributed by atoms with van der Waals surface area (Å²) in [5, 5.41) is 7.06. The lowest BCUT2D eigenvalue weighted by molar-refractivity contribution is -0.108. The van der Waals surface area contributed by atoms with Crippen molar-refractivity contribution in [2.24, 2.45) is 5.16 Å². The third kappa shape index (κ3) is 85.9. The summed E-state index contributed by atoms with van der Waals surface area (Å²) in [4.78, 5) is 15.1. The summed E-state index contributed by atoms with van der Waals surface area (Å²) >= 11 is 0. The molecule has 29 heavy (non-hydrogen) atoms. The molecule has 0 radical (unpaired) electrons. The van der Waals surface area contributed by atoms with E-state index in [4.69, 9.17) is 4.84 Å². The van der Waals surface area contributed by atoms with Gasteiger partial charge in [0, 0.05) is 6.42 Å². The molecule has 0 aliphatic rings. The monoisotopic (exact) mass is 422 g/mol. The molecule has 0 fully saturated rings.